The highest BCUT2D eigenvalue weighted by atomic mass is 35.5. The van der Waals surface area contributed by atoms with Crippen LogP contribution in [0.2, 0.25) is 10.0 Å². The molecule has 4 rings (SSSR count). The van der Waals surface area contributed by atoms with Crippen molar-refractivity contribution in [3.8, 4) is 0 Å². The maximum Gasteiger partial charge on any atom is 0.407 e. The van der Waals surface area contributed by atoms with Gasteiger partial charge >= 0.3 is 6.09 Å². The molecule has 11 heteroatoms. The molecule has 0 radical (unpaired) electrons. The minimum Gasteiger partial charge on any atom is -0.445 e. The maximum absolute atomic E-state index is 12.7. The molecule has 9 nitrogen and oxygen atoms in total. The topological polar surface area (TPSA) is 122 Å². The van der Waals surface area contributed by atoms with Crippen LogP contribution in [0, 0.1) is 0 Å². The first-order chi connectivity index (χ1) is 16.9. The number of anilines is 1. The number of rotatable bonds is 6. The van der Waals surface area contributed by atoms with E-state index < -0.39 is 12.1 Å². The number of hydrogen-bond acceptors (Lipinski definition) is 7. The molecule has 4 N–H and O–H groups in total. The van der Waals surface area contributed by atoms with Crippen molar-refractivity contribution in [3.05, 3.63) is 93.7 Å². The van der Waals surface area contributed by atoms with Crippen LogP contribution in [0.5, 0.6) is 0 Å². The van der Waals surface area contributed by atoms with Gasteiger partial charge in [-0.1, -0.05) is 41.4 Å². The van der Waals surface area contributed by atoms with Gasteiger partial charge in [-0.3, -0.25) is 14.8 Å². The molecule has 2 heterocycles. The Kier molecular flexibility index (Phi) is 7.81. The number of amidine groups is 1. The molecular formula is C24H22Cl2N6O3. The van der Waals surface area contributed by atoms with Gasteiger partial charge in [0.1, 0.15) is 12.4 Å². The van der Waals surface area contributed by atoms with E-state index in [-0.39, 0.29) is 19.1 Å². The number of nitrogens with two attached hydrogens (primary N) is 1. The van der Waals surface area contributed by atoms with Crippen molar-refractivity contribution in [2.75, 3.05) is 11.6 Å². The fourth-order valence-electron chi connectivity index (χ4n) is 3.31. The Morgan fingerprint density at radius 3 is 2.51 bits per heavy atom. The summed E-state index contributed by atoms with van der Waals surface area (Å²) in [5.41, 5.74) is 8.86. The molecule has 1 aromatic heterocycles. The second-order valence-corrected chi connectivity index (χ2v) is 8.62. The van der Waals surface area contributed by atoms with Gasteiger partial charge in [-0.15, -0.1) is 0 Å². The van der Waals surface area contributed by atoms with Gasteiger partial charge in [-0.25, -0.2) is 4.79 Å². The van der Waals surface area contributed by atoms with Crippen LogP contribution in [0.25, 0.3) is 0 Å². The first kappa shape index (κ1) is 24.5. The summed E-state index contributed by atoms with van der Waals surface area (Å²) < 4.78 is 5.15. The molecular weight excluding hydrogens is 491 g/mol. The number of nitrogens with zero attached hydrogens (tertiary/aromatic N) is 3. The zero-order valence-electron chi connectivity index (χ0n) is 18.4. The largest absolute Gasteiger partial charge is 0.445 e. The number of pyridine rings is 1. The van der Waals surface area contributed by atoms with Crippen molar-refractivity contribution >= 4 is 46.7 Å². The number of aromatic nitrogens is 1. The van der Waals surface area contributed by atoms with Crippen LogP contribution >= 0.6 is 23.2 Å². The van der Waals surface area contributed by atoms with Gasteiger partial charge in [0.15, 0.2) is 0 Å². The number of benzene rings is 2. The van der Waals surface area contributed by atoms with Crippen LogP contribution in [0.15, 0.2) is 72.1 Å². The zero-order chi connectivity index (χ0) is 24.8. The van der Waals surface area contributed by atoms with Gasteiger partial charge in [-0.05, 0) is 42.0 Å². The lowest BCUT2D eigenvalue weighted by atomic mass is 10.1. The highest BCUT2D eigenvalue weighted by Crippen LogP contribution is 2.27. The monoisotopic (exact) mass is 512 g/mol. The van der Waals surface area contributed by atoms with Crippen molar-refractivity contribution < 1.29 is 14.3 Å². The Balaban J connectivity index is 1.29. The first-order valence-electron chi connectivity index (χ1n) is 10.6. The number of carbonyl (C=O) groups is 2. The number of amides is 2. The first-order valence-corrected chi connectivity index (χ1v) is 11.4. The summed E-state index contributed by atoms with van der Waals surface area (Å²) in [4.78, 5) is 28.6. The Morgan fingerprint density at radius 2 is 1.83 bits per heavy atom. The van der Waals surface area contributed by atoms with E-state index in [2.05, 4.69) is 20.7 Å². The minimum absolute atomic E-state index is 0.132. The third-order valence-corrected chi connectivity index (χ3v) is 5.52. The third kappa shape index (κ3) is 6.69. The maximum atomic E-state index is 12.7. The summed E-state index contributed by atoms with van der Waals surface area (Å²) in [6.07, 6.45) is 2.73. The van der Waals surface area contributed by atoms with Gasteiger partial charge in [0.25, 0.3) is 5.91 Å². The average molecular weight is 513 g/mol. The molecule has 0 saturated carbocycles. The van der Waals surface area contributed by atoms with Crippen molar-refractivity contribution in [1.82, 2.24) is 15.6 Å². The van der Waals surface area contributed by atoms with Crippen LogP contribution in [0.4, 0.5) is 10.5 Å². The van der Waals surface area contributed by atoms with Crippen LogP contribution in [-0.4, -0.2) is 35.4 Å². The van der Waals surface area contributed by atoms with E-state index in [0.29, 0.717) is 33.7 Å². The average Bonchev–Trinajstić information content (AvgIpc) is 3.22. The van der Waals surface area contributed by atoms with Crippen molar-refractivity contribution in [2.24, 2.45) is 10.8 Å². The summed E-state index contributed by atoms with van der Waals surface area (Å²) in [7, 11) is 0. The van der Waals surface area contributed by atoms with E-state index in [1.54, 1.807) is 65.9 Å². The fourth-order valence-corrected chi connectivity index (χ4v) is 3.82. The van der Waals surface area contributed by atoms with Gasteiger partial charge in [0.05, 0.1) is 18.3 Å². The predicted molar refractivity (Wildman–Crippen MR) is 134 cm³/mol. The molecule has 1 unspecified atom stereocenters. The van der Waals surface area contributed by atoms with Gasteiger partial charge < -0.3 is 21.1 Å². The fraction of sp³-hybridized carbons (Fsp3) is 0.167. The lowest BCUT2D eigenvalue weighted by molar-refractivity contribution is 0.0976. The molecule has 3 aromatic rings. The van der Waals surface area contributed by atoms with E-state index in [1.807, 2.05) is 6.07 Å². The third-order valence-electron chi connectivity index (χ3n) is 5.08. The van der Waals surface area contributed by atoms with Crippen LogP contribution in [0.1, 0.15) is 21.5 Å². The van der Waals surface area contributed by atoms with E-state index >= 15 is 0 Å². The lowest BCUT2D eigenvalue weighted by Gasteiger charge is -2.14. The van der Waals surface area contributed by atoms with Crippen molar-refractivity contribution in [2.45, 2.75) is 19.2 Å². The van der Waals surface area contributed by atoms with Crippen molar-refractivity contribution in [1.29, 1.82) is 0 Å². The Labute approximate surface area is 211 Å². The molecule has 1 atom stereocenters. The van der Waals surface area contributed by atoms with E-state index in [1.165, 1.54) is 0 Å². The zero-order valence-corrected chi connectivity index (χ0v) is 20.0. The van der Waals surface area contributed by atoms with Gasteiger partial charge in [0.2, 0.25) is 0 Å². The molecule has 2 amide bonds. The number of halogens is 2. The Morgan fingerprint density at radius 1 is 1.09 bits per heavy atom. The highest BCUT2D eigenvalue weighted by molar-refractivity contribution is 6.35. The molecule has 1 aliphatic rings. The Hall–Kier alpha value is -3.66. The lowest BCUT2D eigenvalue weighted by Crippen LogP contribution is -2.43. The Bertz CT molecular complexity index is 1220. The van der Waals surface area contributed by atoms with E-state index in [4.69, 9.17) is 33.7 Å². The number of hydrazone groups is 1. The molecule has 180 valence electrons. The van der Waals surface area contributed by atoms with E-state index in [9.17, 15) is 9.59 Å². The van der Waals surface area contributed by atoms with Crippen LogP contribution < -0.4 is 21.4 Å². The van der Waals surface area contributed by atoms with Crippen LogP contribution in [-0.2, 0) is 17.9 Å². The number of hydrogen-bond donors (Lipinski definition) is 3. The van der Waals surface area contributed by atoms with Crippen molar-refractivity contribution in [3.63, 3.8) is 0 Å². The summed E-state index contributed by atoms with van der Waals surface area (Å²) in [5.74, 6) is -0.00577. The molecule has 0 bridgehead atoms. The quantitative estimate of drug-likeness (QED) is 0.462. The normalized spacial score (nSPS) is 14.9. The smallest absolute Gasteiger partial charge is 0.407 e. The number of alkyl carbamates (subject to hydrolysis) is 1. The number of nitrogens with one attached hydrogen (secondary N) is 2. The number of carbonyl (C=O) groups excluding carboxylic acids is 2. The minimum atomic E-state index is -0.547. The second kappa shape index (κ2) is 11.2. The standard InChI is InChI=1S/C24H22Cl2N6O3/c25-18-8-19(26)10-20(9-18)32-13-21(27)22(31-32)30-23(33)17-5-3-15(4-6-17)12-29-24(34)35-14-16-2-1-7-28-11-16/h1-11,21H,12-14,27H2,(H,29,34)(H,30,31,33). The predicted octanol–water partition coefficient (Wildman–Crippen LogP) is 3.71. The highest BCUT2D eigenvalue weighted by Gasteiger charge is 2.26. The molecule has 2 aromatic carbocycles. The molecule has 0 fully saturated rings. The second-order valence-electron chi connectivity index (χ2n) is 7.74. The molecule has 0 spiro atoms. The van der Waals surface area contributed by atoms with Crippen LogP contribution in [0.3, 0.4) is 0 Å². The van der Waals surface area contributed by atoms with E-state index in [0.717, 1.165) is 11.1 Å². The molecule has 1 aliphatic heterocycles. The molecule has 35 heavy (non-hydrogen) atoms. The summed E-state index contributed by atoms with van der Waals surface area (Å²) >= 11 is 12.1. The summed E-state index contributed by atoms with van der Waals surface area (Å²) in [6, 6.07) is 15.0. The molecule has 0 aliphatic carbocycles. The number of ether oxygens (including phenoxy) is 1. The summed E-state index contributed by atoms with van der Waals surface area (Å²) in [6.45, 7) is 0.753. The van der Waals surface area contributed by atoms with Gasteiger partial charge in [0, 0.05) is 40.1 Å². The van der Waals surface area contributed by atoms with Gasteiger partial charge in [-0.2, -0.15) is 5.10 Å². The summed E-state index contributed by atoms with van der Waals surface area (Å²) in [5, 5.41) is 12.4. The molecule has 0 saturated heterocycles. The SMILES string of the molecule is NC1CN(c2cc(Cl)cc(Cl)c2)N=C1NC(=O)c1ccc(CNC(=O)OCc2cccnc2)cc1.